The van der Waals surface area contributed by atoms with E-state index in [1.807, 2.05) is 0 Å². The van der Waals surface area contributed by atoms with Gasteiger partial charge in [0.1, 0.15) is 0 Å². The molecule has 0 spiro atoms. The Kier molecular flexibility index (Phi) is 3.07. The summed E-state index contributed by atoms with van der Waals surface area (Å²) in [4.78, 5) is 0. The van der Waals surface area contributed by atoms with Gasteiger partial charge in [0, 0.05) is 12.1 Å². The van der Waals surface area contributed by atoms with Crippen molar-refractivity contribution in [3.8, 4) is 0 Å². The maximum absolute atomic E-state index is 12.6. The molecule has 0 aliphatic heterocycles. The van der Waals surface area contributed by atoms with E-state index in [2.05, 4.69) is 10.2 Å². The summed E-state index contributed by atoms with van der Waals surface area (Å²) in [7, 11) is -2.85. The van der Waals surface area contributed by atoms with E-state index in [1.54, 1.807) is 0 Å². The van der Waals surface area contributed by atoms with Crippen LogP contribution in [0.2, 0.25) is 0 Å². The average Bonchev–Trinajstić information content (AvgIpc) is 3.06. The lowest BCUT2D eigenvalue weighted by Crippen LogP contribution is -2.43. The molecular weight excluding hydrogens is 257 g/mol. The van der Waals surface area contributed by atoms with Gasteiger partial charge in [0.05, 0.1) is 0 Å². The van der Waals surface area contributed by atoms with Crippen molar-refractivity contribution < 1.29 is 4.57 Å². The molecule has 4 rings (SSSR count). The molecule has 0 radical (unpaired) electrons. The predicted octanol–water partition coefficient (Wildman–Crippen LogP) is 2.61. The summed E-state index contributed by atoms with van der Waals surface area (Å²) >= 11 is 0. The lowest BCUT2D eigenvalue weighted by atomic mass is 9.96. The van der Waals surface area contributed by atoms with Crippen molar-refractivity contribution in [3.63, 3.8) is 0 Å². The van der Waals surface area contributed by atoms with Crippen LogP contribution in [-0.4, -0.2) is 12.1 Å². The molecule has 4 aliphatic rings. The molecule has 6 atom stereocenters. The van der Waals surface area contributed by atoms with Gasteiger partial charge in [-0.2, -0.15) is 0 Å². The maximum Gasteiger partial charge on any atom is 0.276 e. The first-order valence-electron chi connectivity index (χ1n) is 8.03. The van der Waals surface area contributed by atoms with E-state index in [0.29, 0.717) is 12.1 Å². The molecule has 4 aliphatic carbocycles. The molecule has 108 valence electrons. The highest BCUT2D eigenvalue weighted by atomic mass is 31.2. The van der Waals surface area contributed by atoms with Gasteiger partial charge < -0.3 is 0 Å². The Labute approximate surface area is 115 Å². The molecule has 6 unspecified atom stereocenters. The zero-order valence-corrected chi connectivity index (χ0v) is 12.4. The third kappa shape index (κ3) is 2.42. The number of hydrogen-bond acceptors (Lipinski definition) is 1. The number of rotatable bonds is 4. The van der Waals surface area contributed by atoms with Crippen LogP contribution in [0.5, 0.6) is 0 Å². The summed E-state index contributed by atoms with van der Waals surface area (Å²) in [5, 5.41) is 6.59. The summed E-state index contributed by atoms with van der Waals surface area (Å²) in [5.41, 5.74) is 6.07. The highest BCUT2D eigenvalue weighted by Crippen LogP contribution is 2.49. The minimum absolute atomic E-state index is 0.403. The quantitative estimate of drug-likeness (QED) is 0.694. The standard InChI is InChI=1S/C14H26N3OP/c15-19(18,16-13-7-9-1-3-11(13)5-9)17-14-8-10-2-4-12(14)6-10/h9-14H,1-8H2,(H4,15,16,17,18). The second-order valence-electron chi connectivity index (χ2n) is 7.48. The molecule has 0 heterocycles. The van der Waals surface area contributed by atoms with Crippen molar-refractivity contribution >= 4 is 7.59 Å². The molecule has 4 bridgehead atoms. The SMILES string of the molecule is NP(=O)(NC1CC2CCC1C2)NC1CC2CCC1C2. The van der Waals surface area contributed by atoms with E-state index in [-0.39, 0.29) is 0 Å². The summed E-state index contributed by atoms with van der Waals surface area (Å²) in [6.07, 6.45) is 10.4. The normalized spacial score (nSPS) is 50.8. The van der Waals surface area contributed by atoms with Gasteiger partial charge in [0.2, 0.25) is 0 Å². The van der Waals surface area contributed by atoms with Crippen LogP contribution in [0.1, 0.15) is 51.4 Å². The van der Waals surface area contributed by atoms with Gasteiger partial charge in [-0.15, -0.1) is 0 Å². The van der Waals surface area contributed by atoms with Crippen LogP contribution >= 0.6 is 7.59 Å². The second kappa shape index (κ2) is 4.56. The van der Waals surface area contributed by atoms with Crippen molar-refractivity contribution in [2.45, 2.75) is 63.5 Å². The molecule has 0 amide bonds. The van der Waals surface area contributed by atoms with E-state index in [9.17, 15) is 4.57 Å². The van der Waals surface area contributed by atoms with Gasteiger partial charge in [0.25, 0.3) is 7.59 Å². The molecule has 5 heteroatoms. The van der Waals surface area contributed by atoms with Gasteiger partial charge in [-0.1, -0.05) is 12.8 Å². The largest absolute Gasteiger partial charge is 0.276 e. The van der Waals surface area contributed by atoms with Crippen LogP contribution in [-0.2, 0) is 4.57 Å². The lowest BCUT2D eigenvalue weighted by molar-refractivity contribution is 0.368. The number of fused-ring (bicyclic) bond motifs is 4. The van der Waals surface area contributed by atoms with Crippen molar-refractivity contribution in [2.75, 3.05) is 0 Å². The van der Waals surface area contributed by atoms with Crippen LogP contribution in [0.25, 0.3) is 0 Å². The highest BCUT2D eigenvalue weighted by molar-refractivity contribution is 7.57. The second-order valence-corrected chi connectivity index (χ2v) is 9.31. The Bertz CT molecular complexity index is 381. The Morgan fingerprint density at radius 1 is 0.789 bits per heavy atom. The van der Waals surface area contributed by atoms with Crippen molar-refractivity contribution in [1.82, 2.24) is 10.2 Å². The fourth-order valence-corrected chi connectivity index (χ4v) is 7.03. The van der Waals surface area contributed by atoms with Crippen LogP contribution < -0.4 is 15.7 Å². The van der Waals surface area contributed by atoms with Crippen molar-refractivity contribution in [1.29, 1.82) is 0 Å². The van der Waals surface area contributed by atoms with E-state index >= 15 is 0 Å². The maximum atomic E-state index is 12.6. The summed E-state index contributed by atoms with van der Waals surface area (Å²) in [6.45, 7) is 0. The molecule has 0 aromatic carbocycles. The monoisotopic (exact) mass is 283 g/mol. The molecule has 4 N–H and O–H groups in total. The number of hydrogen-bond donors (Lipinski definition) is 3. The average molecular weight is 283 g/mol. The first kappa shape index (κ1) is 12.8. The third-order valence-electron chi connectivity index (χ3n) is 6.19. The van der Waals surface area contributed by atoms with Crippen LogP contribution in [0.15, 0.2) is 0 Å². The number of nitrogens with one attached hydrogen (secondary N) is 2. The van der Waals surface area contributed by atoms with Gasteiger partial charge in [-0.25, -0.2) is 10.2 Å². The van der Waals surface area contributed by atoms with Gasteiger partial charge in [0.15, 0.2) is 0 Å². The fourth-order valence-electron chi connectivity index (χ4n) is 5.34. The van der Waals surface area contributed by atoms with E-state index < -0.39 is 7.59 Å². The van der Waals surface area contributed by atoms with E-state index in [1.165, 1.54) is 51.4 Å². The van der Waals surface area contributed by atoms with Crippen LogP contribution in [0.4, 0.5) is 0 Å². The first-order chi connectivity index (χ1) is 9.09. The van der Waals surface area contributed by atoms with Crippen molar-refractivity contribution in [3.05, 3.63) is 0 Å². The predicted molar refractivity (Wildman–Crippen MR) is 76.5 cm³/mol. The minimum Gasteiger partial charge on any atom is -0.271 e. The summed E-state index contributed by atoms with van der Waals surface area (Å²) in [6, 6.07) is 0.807. The zero-order chi connectivity index (χ0) is 13.0. The fraction of sp³-hybridized carbons (Fsp3) is 1.00. The van der Waals surface area contributed by atoms with E-state index in [0.717, 1.165) is 23.7 Å². The highest BCUT2D eigenvalue weighted by Gasteiger charge is 2.44. The van der Waals surface area contributed by atoms with Gasteiger partial charge in [-0.3, -0.25) is 10.1 Å². The Hall–Kier alpha value is 0.110. The molecule has 19 heavy (non-hydrogen) atoms. The Morgan fingerprint density at radius 2 is 1.26 bits per heavy atom. The minimum atomic E-state index is -2.85. The zero-order valence-electron chi connectivity index (χ0n) is 11.6. The van der Waals surface area contributed by atoms with Crippen LogP contribution in [0.3, 0.4) is 0 Å². The summed E-state index contributed by atoms with van der Waals surface area (Å²) < 4.78 is 12.6. The topological polar surface area (TPSA) is 67.2 Å². The number of nitrogens with two attached hydrogens (primary N) is 1. The Morgan fingerprint density at radius 3 is 1.58 bits per heavy atom. The molecule has 4 saturated carbocycles. The first-order valence-corrected chi connectivity index (χ1v) is 9.81. The summed E-state index contributed by atoms with van der Waals surface area (Å²) in [5.74, 6) is 3.18. The van der Waals surface area contributed by atoms with E-state index in [4.69, 9.17) is 5.50 Å². The molecule has 4 fully saturated rings. The van der Waals surface area contributed by atoms with Gasteiger partial charge >= 0.3 is 0 Å². The van der Waals surface area contributed by atoms with Gasteiger partial charge in [-0.05, 0) is 62.2 Å². The molecular formula is C14H26N3OP. The third-order valence-corrected chi connectivity index (χ3v) is 7.62. The molecule has 4 nitrogen and oxygen atoms in total. The van der Waals surface area contributed by atoms with Crippen molar-refractivity contribution in [2.24, 2.45) is 29.2 Å². The smallest absolute Gasteiger partial charge is 0.271 e. The Balaban J connectivity index is 1.36. The molecule has 0 aromatic rings. The molecule has 0 saturated heterocycles. The lowest BCUT2D eigenvalue weighted by Gasteiger charge is -2.31. The van der Waals surface area contributed by atoms with Crippen LogP contribution in [0, 0.1) is 23.7 Å². The molecule has 0 aromatic heterocycles.